The molecular weight excluding hydrogens is 881 g/mol. The number of aliphatic hydroxyl groups is 1. The van der Waals surface area contributed by atoms with Crippen LogP contribution in [0.5, 0.6) is 11.5 Å². The second-order valence-corrected chi connectivity index (χ2v) is 15.7. The van der Waals surface area contributed by atoms with Gasteiger partial charge in [0.1, 0.15) is 60.7 Å². The third-order valence-electron chi connectivity index (χ3n) is 10.0. The Morgan fingerprint density at radius 1 is 0.667 bits per heavy atom. The molecule has 0 bridgehead atoms. The van der Waals surface area contributed by atoms with Crippen molar-refractivity contribution in [1.82, 2.24) is 39.0 Å². The maximum absolute atomic E-state index is 10.5. The fourth-order valence-corrected chi connectivity index (χ4v) is 7.03. The van der Waals surface area contributed by atoms with E-state index in [1.54, 1.807) is 52.1 Å². The summed E-state index contributed by atoms with van der Waals surface area (Å²) < 4.78 is 70.6. The number of aromatic nitrogens is 8. The van der Waals surface area contributed by atoms with Gasteiger partial charge >= 0.3 is 10.4 Å². The van der Waals surface area contributed by atoms with E-state index >= 15 is 0 Å². The molecule has 0 radical (unpaired) electrons. The predicted octanol–water partition coefficient (Wildman–Crippen LogP) is 3.16. The van der Waals surface area contributed by atoms with E-state index in [0.717, 1.165) is 25.7 Å². The molecule has 0 spiro atoms. The summed E-state index contributed by atoms with van der Waals surface area (Å²) in [7, 11) is -4.49. The van der Waals surface area contributed by atoms with Crippen molar-refractivity contribution in [2.45, 2.75) is 37.8 Å². The van der Waals surface area contributed by atoms with Crippen molar-refractivity contribution in [3.63, 3.8) is 0 Å². The van der Waals surface area contributed by atoms with Gasteiger partial charge in [-0.1, -0.05) is 0 Å². The van der Waals surface area contributed by atoms with E-state index in [0.29, 0.717) is 108 Å². The number of pyridine rings is 4. The number of rotatable bonds is 20. The third-order valence-corrected chi connectivity index (χ3v) is 10.5. The van der Waals surface area contributed by atoms with Crippen molar-refractivity contribution in [3.05, 3.63) is 72.6 Å². The Kier molecular flexibility index (Phi) is 16.9. The van der Waals surface area contributed by atoms with Gasteiger partial charge in [0.05, 0.1) is 50.8 Å². The van der Waals surface area contributed by atoms with Crippen LogP contribution in [0.15, 0.2) is 61.4 Å². The molecule has 0 amide bonds. The SMILES string of the molecule is N#Cc1ccc(-n2cnc3cc(OCCOCCO)c(NC4CCOCC4)nc32)nc1.N#Cc1ccc(-n2cnc3cc(OCCOCCOS(=O)(=O)O)c(NC4CCOCC4)nc32)nc1. The van der Waals surface area contributed by atoms with Crippen LogP contribution in [0, 0.1) is 22.7 Å². The topological polar surface area (TPSA) is 298 Å². The van der Waals surface area contributed by atoms with Crippen LogP contribution < -0.4 is 20.1 Å². The lowest BCUT2D eigenvalue weighted by molar-refractivity contribution is 0.0705. The number of nitriles is 2. The quantitative estimate of drug-likeness (QED) is 0.0631. The summed E-state index contributed by atoms with van der Waals surface area (Å²) in [6.07, 6.45) is 9.68. The van der Waals surface area contributed by atoms with Crippen LogP contribution in [0.4, 0.5) is 11.6 Å². The number of nitrogens with zero attached hydrogens (tertiary/aromatic N) is 10. The van der Waals surface area contributed by atoms with Crippen molar-refractivity contribution in [2.75, 3.05) is 89.9 Å². The molecule has 2 fully saturated rings. The molecule has 6 aromatic rings. The molecule has 0 saturated carbocycles. The van der Waals surface area contributed by atoms with Gasteiger partial charge in [0.25, 0.3) is 0 Å². The molecule has 4 N–H and O–H groups in total. The summed E-state index contributed by atoms with van der Waals surface area (Å²) in [5, 5.41) is 33.7. The molecule has 8 rings (SSSR count). The third kappa shape index (κ3) is 13.2. The Balaban J connectivity index is 0.000000198. The van der Waals surface area contributed by atoms with Crippen LogP contribution in [0.1, 0.15) is 36.8 Å². The first kappa shape index (κ1) is 47.4. The molecule has 348 valence electrons. The average Bonchev–Trinajstić information content (AvgIpc) is 3.95. The number of nitrogens with one attached hydrogen (secondary N) is 2. The molecule has 0 unspecified atom stereocenters. The Labute approximate surface area is 379 Å². The lowest BCUT2D eigenvalue weighted by Gasteiger charge is -2.24. The van der Waals surface area contributed by atoms with Crippen LogP contribution in [0.25, 0.3) is 34.0 Å². The molecule has 24 heteroatoms. The minimum Gasteiger partial charge on any atom is -0.487 e. The van der Waals surface area contributed by atoms with Gasteiger partial charge in [-0.25, -0.2) is 34.1 Å². The summed E-state index contributed by atoms with van der Waals surface area (Å²) in [6.45, 7) is 3.65. The van der Waals surface area contributed by atoms with Crippen molar-refractivity contribution in [3.8, 4) is 35.3 Å². The molecule has 0 aromatic carbocycles. The fraction of sp³-hybridized carbons (Fsp3) is 0.429. The van der Waals surface area contributed by atoms with Crippen molar-refractivity contribution >= 4 is 44.4 Å². The zero-order chi connectivity index (χ0) is 46.1. The van der Waals surface area contributed by atoms with Gasteiger partial charge in [-0.3, -0.25) is 13.7 Å². The molecule has 23 nitrogen and oxygen atoms in total. The lowest BCUT2D eigenvalue weighted by atomic mass is 10.1. The first-order valence-corrected chi connectivity index (χ1v) is 22.4. The van der Waals surface area contributed by atoms with Gasteiger partial charge in [-0.05, 0) is 49.9 Å². The highest BCUT2D eigenvalue weighted by Gasteiger charge is 2.21. The van der Waals surface area contributed by atoms with Crippen LogP contribution in [-0.2, 0) is 33.5 Å². The second-order valence-electron chi connectivity index (χ2n) is 14.6. The number of aliphatic hydroxyl groups excluding tert-OH is 1. The molecule has 66 heavy (non-hydrogen) atoms. The lowest BCUT2D eigenvalue weighted by Crippen LogP contribution is -2.28. The number of ether oxygens (including phenoxy) is 6. The standard InChI is InChI=1S/C21H24N6O7S.C21H24N6O4/c22-12-15-1-2-19(23-13-15)27-14-24-17-11-18(33-9-7-32-8-10-34-35(28,29)30)20(26-21(17)27)25-16-3-5-31-6-4-16;22-12-15-1-2-19(23-13-15)27-14-24-17-11-18(31-10-9-30-8-5-28)20(26-21(17)27)25-16-3-6-29-7-4-16/h1-2,11,13-14,16H,3-10H2,(H,25,26)(H,28,29,30);1-2,11,13-14,16,28H,3-10H2,(H,25,26). The fourth-order valence-electron chi connectivity index (χ4n) is 6.75. The Hall–Kier alpha value is -6.61. The second kappa shape index (κ2) is 23.5. The number of anilines is 2. The zero-order valence-electron chi connectivity index (χ0n) is 35.7. The van der Waals surface area contributed by atoms with Crippen LogP contribution >= 0.6 is 0 Å². The molecule has 0 atom stereocenters. The molecule has 2 aliphatic heterocycles. The molecular formula is C42H48N12O11S. The summed E-state index contributed by atoms with van der Waals surface area (Å²) in [4.78, 5) is 27.1. The van der Waals surface area contributed by atoms with Crippen molar-refractivity contribution in [1.29, 1.82) is 10.5 Å². The summed E-state index contributed by atoms with van der Waals surface area (Å²) in [5.74, 6) is 3.43. The zero-order valence-corrected chi connectivity index (χ0v) is 36.5. The predicted molar refractivity (Wildman–Crippen MR) is 235 cm³/mol. The highest BCUT2D eigenvalue weighted by molar-refractivity contribution is 7.80. The largest absolute Gasteiger partial charge is 0.487 e. The van der Waals surface area contributed by atoms with Crippen molar-refractivity contribution < 1.29 is 50.7 Å². The van der Waals surface area contributed by atoms with Gasteiger partial charge in [0.15, 0.2) is 34.4 Å². The number of hydrogen-bond donors (Lipinski definition) is 4. The number of fused-ring (bicyclic) bond motifs is 2. The highest BCUT2D eigenvalue weighted by atomic mass is 32.3. The molecule has 2 aliphatic rings. The van der Waals surface area contributed by atoms with Gasteiger partial charge in [0.2, 0.25) is 0 Å². The van der Waals surface area contributed by atoms with Gasteiger partial charge in [-0.15, -0.1) is 0 Å². The number of hydrogen-bond acceptors (Lipinski definition) is 20. The molecule has 2 saturated heterocycles. The Morgan fingerprint density at radius 3 is 1.53 bits per heavy atom. The van der Waals surface area contributed by atoms with E-state index in [1.807, 2.05) is 12.1 Å². The minimum absolute atomic E-state index is 0.0229. The van der Waals surface area contributed by atoms with E-state index in [9.17, 15) is 8.42 Å². The molecule has 8 heterocycles. The van der Waals surface area contributed by atoms with E-state index in [4.69, 9.17) is 58.6 Å². The summed E-state index contributed by atoms with van der Waals surface area (Å²) >= 11 is 0. The normalized spacial score (nSPS) is 14.5. The number of imidazole rings is 2. The Bertz CT molecular complexity index is 2690. The first-order valence-electron chi connectivity index (χ1n) is 21.0. The highest BCUT2D eigenvalue weighted by Crippen LogP contribution is 2.31. The van der Waals surface area contributed by atoms with E-state index in [1.165, 1.54) is 12.4 Å². The van der Waals surface area contributed by atoms with Crippen LogP contribution in [0.3, 0.4) is 0 Å². The van der Waals surface area contributed by atoms with E-state index < -0.39 is 10.4 Å². The summed E-state index contributed by atoms with van der Waals surface area (Å²) in [5.41, 5.74) is 3.40. The monoisotopic (exact) mass is 928 g/mol. The average molecular weight is 929 g/mol. The minimum atomic E-state index is -4.49. The molecule has 6 aromatic heterocycles. The van der Waals surface area contributed by atoms with E-state index in [2.05, 4.69) is 40.8 Å². The van der Waals surface area contributed by atoms with Crippen LogP contribution in [-0.4, -0.2) is 148 Å². The van der Waals surface area contributed by atoms with Gasteiger partial charge in [-0.2, -0.15) is 18.9 Å². The maximum atomic E-state index is 10.5. The van der Waals surface area contributed by atoms with Gasteiger partial charge in [0, 0.05) is 63.0 Å². The van der Waals surface area contributed by atoms with Gasteiger partial charge < -0.3 is 44.2 Å². The molecule has 0 aliphatic carbocycles. The summed E-state index contributed by atoms with van der Waals surface area (Å²) in [6, 6.07) is 15.0. The first-order chi connectivity index (χ1) is 32.2. The smallest absolute Gasteiger partial charge is 0.397 e. The Morgan fingerprint density at radius 2 is 1.12 bits per heavy atom. The van der Waals surface area contributed by atoms with E-state index in [-0.39, 0.29) is 51.7 Å². The maximum Gasteiger partial charge on any atom is 0.397 e. The van der Waals surface area contributed by atoms with Crippen LogP contribution in [0.2, 0.25) is 0 Å². The van der Waals surface area contributed by atoms with Crippen molar-refractivity contribution in [2.24, 2.45) is 0 Å².